The Morgan fingerprint density at radius 3 is 2.06 bits per heavy atom. The second kappa shape index (κ2) is 4.84. The van der Waals surface area contributed by atoms with E-state index < -0.39 is 0 Å². The van der Waals surface area contributed by atoms with Gasteiger partial charge in [-0.2, -0.15) is 15.0 Å². The summed E-state index contributed by atoms with van der Waals surface area (Å²) in [6, 6.07) is 5.29. The molecule has 2 aromatic rings. The summed E-state index contributed by atoms with van der Waals surface area (Å²) in [5.74, 6) is 0.383. The number of hydrogen-bond donors (Lipinski definition) is 0. The first-order valence-corrected chi connectivity index (χ1v) is 6.01. The van der Waals surface area contributed by atoms with Gasteiger partial charge in [0.15, 0.2) is 5.82 Å². The highest BCUT2D eigenvalue weighted by Crippen LogP contribution is 2.26. The third-order valence-corrected chi connectivity index (χ3v) is 2.72. The van der Waals surface area contributed by atoms with E-state index in [4.69, 9.17) is 34.8 Å². The van der Waals surface area contributed by atoms with Crippen LogP contribution in [0.2, 0.25) is 15.6 Å². The van der Waals surface area contributed by atoms with E-state index in [1.165, 1.54) is 0 Å². The number of halogens is 4. The van der Waals surface area contributed by atoms with Crippen molar-refractivity contribution in [2.45, 2.75) is 0 Å². The molecule has 1 aromatic heterocycles. The largest absolute Gasteiger partial charge is 0.227 e. The zero-order chi connectivity index (χ0) is 11.7. The van der Waals surface area contributed by atoms with Crippen molar-refractivity contribution in [3.05, 3.63) is 38.3 Å². The summed E-state index contributed by atoms with van der Waals surface area (Å²) in [5, 5.41) is 0.661. The maximum atomic E-state index is 5.91. The Hall–Kier alpha value is -0.420. The second-order valence-corrected chi connectivity index (χ2v) is 4.88. The molecule has 0 saturated carbocycles. The summed E-state index contributed by atoms with van der Waals surface area (Å²) in [5.41, 5.74) is 0.713. The average molecular weight is 339 g/mol. The van der Waals surface area contributed by atoms with Crippen LogP contribution in [0.1, 0.15) is 0 Å². The maximum absolute atomic E-state index is 5.91. The van der Waals surface area contributed by atoms with E-state index in [-0.39, 0.29) is 10.6 Å². The summed E-state index contributed by atoms with van der Waals surface area (Å²) < 4.78 is 0.822. The highest BCUT2D eigenvalue weighted by atomic mass is 79.9. The monoisotopic (exact) mass is 337 g/mol. The molecule has 0 unspecified atom stereocenters. The molecule has 3 nitrogen and oxygen atoms in total. The molecule has 7 heteroatoms. The molecular formula is C9H3BrCl3N3. The quantitative estimate of drug-likeness (QED) is 0.779. The fourth-order valence-corrected chi connectivity index (χ4v) is 2.36. The fraction of sp³-hybridized carbons (Fsp3) is 0. The van der Waals surface area contributed by atoms with Gasteiger partial charge in [0.2, 0.25) is 10.6 Å². The first kappa shape index (κ1) is 12.0. The highest BCUT2D eigenvalue weighted by Gasteiger charge is 2.07. The predicted octanol–water partition coefficient (Wildman–Crippen LogP) is 4.26. The van der Waals surface area contributed by atoms with Crippen molar-refractivity contribution in [2.24, 2.45) is 0 Å². The molecule has 2 rings (SSSR count). The van der Waals surface area contributed by atoms with Crippen LogP contribution in [0.15, 0.2) is 22.7 Å². The van der Waals surface area contributed by atoms with E-state index >= 15 is 0 Å². The summed E-state index contributed by atoms with van der Waals surface area (Å²) in [6.07, 6.45) is 0. The first-order valence-electron chi connectivity index (χ1n) is 4.08. The molecule has 1 aromatic carbocycles. The van der Waals surface area contributed by atoms with Crippen molar-refractivity contribution in [1.29, 1.82) is 0 Å². The number of hydrogen-bond acceptors (Lipinski definition) is 3. The van der Waals surface area contributed by atoms with Gasteiger partial charge in [-0.15, -0.1) is 0 Å². The average Bonchev–Trinajstić information content (AvgIpc) is 2.14. The Balaban J connectivity index is 2.57. The molecule has 0 aliphatic heterocycles. The van der Waals surface area contributed by atoms with Crippen molar-refractivity contribution < 1.29 is 0 Å². The lowest BCUT2D eigenvalue weighted by atomic mass is 10.2. The Morgan fingerprint density at radius 2 is 1.50 bits per heavy atom. The van der Waals surface area contributed by atoms with E-state index in [1.54, 1.807) is 12.1 Å². The van der Waals surface area contributed by atoms with Crippen LogP contribution in [-0.4, -0.2) is 15.0 Å². The van der Waals surface area contributed by atoms with Crippen LogP contribution in [0.3, 0.4) is 0 Å². The van der Waals surface area contributed by atoms with Gasteiger partial charge in [-0.25, -0.2) is 0 Å². The predicted molar refractivity (Wildman–Crippen MR) is 68.0 cm³/mol. The molecule has 0 atom stereocenters. The smallest absolute Gasteiger partial charge is 0.198 e. The van der Waals surface area contributed by atoms with Crippen LogP contribution in [-0.2, 0) is 0 Å². The van der Waals surface area contributed by atoms with Gasteiger partial charge in [0, 0.05) is 15.1 Å². The SMILES string of the molecule is Clc1cc(Br)cc(-c2nc(Cl)nc(Cl)n2)c1. The molecule has 0 bridgehead atoms. The third kappa shape index (κ3) is 2.83. The lowest BCUT2D eigenvalue weighted by Crippen LogP contribution is -1.93. The van der Waals surface area contributed by atoms with Crippen molar-refractivity contribution in [1.82, 2.24) is 15.0 Å². The van der Waals surface area contributed by atoms with Crippen LogP contribution < -0.4 is 0 Å². The minimum Gasteiger partial charge on any atom is -0.198 e. The molecule has 1 heterocycles. The summed E-state index contributed by atoms with van der Waals surface area (Å²) in [7, 11) is 0. The molecule has 0 aliphatic rings. The van der Waals surface area contributed by atoms with Gasteiger partial charge in [-0.3, -0.25) is 0 Å². The normalized spacial score (nSPS) is 10.5. The molecular weight excluding hydrogens is 336 g/mol. The molecule has 0 fully saturated rings. The molecule has 0 radical (unpaired) electrons. The molecule has 16 heavy (non-hydrogen) atoms. The minimum atomic E-state index is 0.0473. The molecule has 0 saturated heterocycles. The van der Waals surface area contributed by atoms with Crippen molar-refractivity contribution in [2.75, 3.05) is 0 Å². The van der Waals surface area contributed by atoms with Gasteiger partial charge in [0.25, 0.3) is 0 Å². The summed E-state index contributed by atoms with van der Waals surface area (Å²) >= 11 is 20.6. The van der Waals surface area contributed by atoms with E-state index in [9.17, 15) is 0 Å². The van der Waals surface area contributed by atoms with E-state index in [0.29, 0.717) is 16.4 Å². The molecule has 0 aliphatic carbocycles. The molecule has 0 spiro atoms. The van der Waals surface area contributed by atoms with Gasteiger partial charge in [0.1, 0.15) is 0 Å². The van der Waals surface area contributed by atoms with Gasteiger partial charge in [-0.05, 0) is 41.4 Å². The lowest BCUT2D eigenvalue weighted by Gasteiger charge is -2.02. The van der Waals surface area contributed by atoms with Crippen molar-refractivity contribution in [3.8, 4) is 11.4 Å². The van der Waals surface area contributed by atoms with Crippen molar-refractivity contribution in [3.63, 3.8) is 0 Å². The van der Waals surface area contributed by atoms with Crippen LogP contribution in [0, 0.1) is 0 Å². The van der Waals surface area contributed by atoms with Gasteiger partial charge in [-0.1, -0.05) is 27.5 Å². The maximum Gasteiger partial charge on any atom is 0.227 e. The van der Waals surface area contributed by atoms with E-state index in [0.717, 1.165) is 4.47 Å². The number of rotatable bonds is 1. The first-order chi connectivity index (χ1) is 7.54. The number of nitrogens with zero attached hydrogens (tertiary/aromatic N) is 3. The minimum absolute atomic E-state index is 0.0473. The van der Waals surface area contributed by atoms with Gasteiger partial charge >= 0.3 is 0 Å². The Kier molecular flexibility index (Phi) is 3.64. The zero-order valence-electron chi connectivity index (χ0n) is 7.59. The third-order valence-electron chi connectivity index (χ3n) is 1.70. The van der Waals surface area contributed by atoms with Crippen molar-refractivity contribution >= 4 is 50.7 Å². The fourth-order valence-electron chi connectivity index (χ4n) is 1.14. The van der Waals surface area contributed by atoms with Crippen LogP contribution in [0.4, 0.5) is 0 Å². The Bertz CT molecular complexity index is 458. The van der Waals surface area contributed by atoms with E-state index in [2.05, 4.69) is 30.9 Å². The van der Waals surface area contributed by atoms with E-state index in [1.807, 2.05) is 6.07 Å². The molecule has 82 valence electrons. The zero-order valence-corrected chi connectivity index (χ0v) is 11.4. The standard InChI is InChI=1S/C9H3BrCl3N3/c10-5-1-4(2-6(11)3-5)7-14-8(12)16-9(13)15-7/h1-3H. The Morgan fingerprint density at radius 1 is 0.875 bits per heavy atom. The second-order valence-electron chi connectivity index (χ2n) is 2.86. The number of aromatic nitrogens is 3. The number of benzene rings is 1. The molecule has 0 amide bonds. The van der Waals surface area contributed by atoms with Crippen LogP contribution in [0.5, 0.6) is 0 Å². The molecule has 0 N–H and O–H groups in total. The van der Waals surface area contributed by atoms with Gasteiger partial charge in [0.05, 0.1) is 0 Å². The highest BCUT2D eigenvalue weighted by molar-refractivity contribution is 9.10. The topological polar surface area (TPSA) is 38.7 Å². The Labute approximate surface area is 115 Å². The summed E-state index contributed by atoms with van der Waals surface area (Å²) in [4.78, 5) is 11.6. The lowest BCUT2D eigenvalue weighted by molar-refractivity contribution is 1.06. The van der Waals surface area contributed by atoms with Crippen LogP contribution in [0.25, 0.3) is 11.4 Å². The van der Waals surface area contributed by atoms with Crippen LogP contribution >= 0.6 is 50.7 Å². The summed E-state index contributed by atoms with van der Waals surface area (Å²) in [6.45, 7) is 0. The van der Waals surface area contributed by atoms with Gasteiger partial charge < -0.3 is 0 Å².